The molecule has 0 fully saturated rings. The number of fused-ring (bicyclic) bond motifs is 1. The van der Waals surface area contributed by atoms with Crippen molar-refractivity contribution >= 4 is 23.4 Å². The molecule has 2 aromatic heterocycles. The average Bonchev–Trinajstić information content (AvgIpc) is 2.49. The molecule has 0 radical (unpaired) electrons. The molecule has 3 rings (SSSR count). The highest BCUT2D eigenvalue weighted by Gasteiger charge is 2.13. The molecule has 6 heteroatoms. The number of hydrogen-bond donors (Lipinski definition) is 1. The third-order valence-electron chi connectivity index (χ3n) is 3.29. The number of hydrogen-bond acceptors (Lipinski definition) is 4. The molecule has 0 saturated carbocycles. The van der Waals surface area contributed by atoms with E-state index < -0.39 is 11.4 Å². The molecule has 22 heavy (non-hydrogen) atoms. The summed E-state index contributed by atoms with van der Waals surface area (Å²) in [7, 11) is 0. The molecular weight excluding hydrogens is 285 g/mol. The standard InChI is InChI=1S/C16H12FN3O2/c1-10-4-3-7-20-15(10)19-14(13(9-21)16(20)22)18-12-6-2-5-11(17)8-12/h2-9,18H,1H3. The molecule has 0 spiro atoms. The lowest BCUT2D eigenvalue weighted by Gasteiger charge is -2.11. The van der Waals surface area contributed by atoms with Gasteiger partial charge in [0.25, 0.3) is 5.56 Å². The first-order valence-electron chi connectivity index (χ1n) is 6.60. The number of aryl methyl sites for hydroxylation is 1. The van der Waals surface area contributed by atoms with Gasteiger partial charge in [0.05, 0.1) is 0 Å². The second-order valence-corrected chi connectivity index (χ2v) is 4.82. The number of anilines is 2. The summed E-state index contributed by atoms with van der Waals surface area (Å²) >= 11 is 0. The van der Waals surface area contributed by atoms with Crippen LogP contribution in [0.5, 0.6) is 0 Å². The summed E-state index contributed by atoms with van der Waals surface area (Å²) in [6.07, 6.45) is 2.00. The van der Waals surface area contributed by atoms with Gasteiger partial charge in [-0.15, -0.1) is 0 Å². The van der Waals surface area contributed by atoms with E-state index in [1.54, 1.807) is 18.3 Å². The van der Waals surface area contributed by atoms with Crippen molar-refractivity contribution in [3.8, 4) is 0 Å². The van der Waals surface area contributed by atoms with E-state index in [0.29, 0.717) is 17.6 Å². The second kappa shape index (κ2) is 5.40. The molecular formula is C16H12FN3O2. The monoisotopic (exact) mass is 297 g/mol. The molecule has 0 saturated heterocycles. The fourth-order valence-electron chi connectivity index (χ4n) is 2.22. The Bertz CT molecular complexity index is 934. The zero-order valence-electron chi connectivity index (χ0n) is 11.7. The molecule has 0 aliphatic carbocycles. The summed E-state index contributed by atoms with van der Waals surface area (Å²) in [5.41, 5.74) is 1.07. The molecule has 1 N–H and O–H groups in total. The van der Waals surface area contributed by atoms with Crippen LogP contribution in [0.2, 0.25) is 0 Å². The van der Waals surface area contributed by atoms with E-state index >= 15 is 0 Å². The van der Waals surface area contributed by atoms with Crippen molar-refractivity contribution in [1.82, 2.24) is 9.38 Å². The van der Waals surface area contributed by atoms with Crippen molar-refractivity contribution in [3.63, 3.8) is 0 Å². The Morgan fingerprint density at radius 1 is 1.27 bits per heavy atom. The number of pyridine rings is 1. The number of nitrogens with one attached hydrogen (secondary N) is 1. The highest BCUT2D eigenvalue weighted by atomic mass is 19.1. The summed E-state index contributed by atoms with van der Waals surface area (Å²) in [6.45, 7) is 1.81. The maximum absolute atomic E-state index is 13.3. The van der Waals surface area contributed by atoms with Crippen LogP contribution >= 0.6 is 0 Å². The first-order chi connectivity index (χ1) is 10.6. The zero-order chi connectivity index (χ0) is 15.7. The van der Waals surface area contributed by atoms with E-state index in [0.717, 1.165) is 5.56 Å². The number of benzene rings is 1. The Hall–Kier alpha value is -3.02. The maximum Gasteiger partial charge on any atom is 0.270 e. The van der Waals surface area contributed by atoms with E-state index in [9.17, 15) is 14.0 Å². The van der Waals surface area contributed by atoms with Crippen molar-refractivity contribution in [2.24, 2.45) is 0 Å². The molecule has 3 aromatic rings. The van der Waals surface area contributed by atoms with Crippen LogP contribution in [0.1, 0.15) is 15.9 Å². The third kappa shape index (κ3) is 2.35. The summed E-state index contributed by atoms with van der Waals surface area (Å²) in [5.74, 6) is -0.314. The first-order valence-corrected chi connectivity index (χ1v) is 6.60. The van der Waals surface area contributed by atoms with Crippen LogP contribution < -0.4 is 10.9 Å². The Morgan fingerprint density at radius 2 is 2.09 bits per heavy atom. The summed E-state index contributed by atoms with van der Waals surface area (Å²) in [6, 6.07) is 9.24. The highest BCUT2D eigenvalue weighted by molar-refractivity contribution is 5.84. The van der Waals surface area contributed by atoms with Crippen LogP contribution in [-0.4, -0.2) is 15.7 Å². The van der Waals surface area contributed by atoms with Crippen molar-refractivity contribution < 1.29 is 9.18 Å². The van der Waals surface area contributed by atoms with Gasteiger partial charge in [-0.1, -0.05) is 12.1 Å². The largest absolute Gasteiger partial charge is 0.339 e. The molecule has 0 amide bonds. The first kappa shape index (κ1) is 13.9. The minimum Gasteiger partial charge on any atom is -0.339 e. The molecule has 0 unspecified atom stereocenters. The van der Waals surface area contributed by atoms with Crippen molar-refractivity contribution in [2.75, 3.05) is 5.32 Å². The smallest absolute Gasteiger partial charge is 0.270 e. The van der Waals surface area contributed by atoms with Gasteiger partial charge < -0.3 is 5.32 Å². The molecule has 0 atom stereocenters. The maximum atomic E-state index is 13.3. The van der Waals surface area contributed by atoms with Crippen LogP contribution in [0.15, 0.2) is 47.4 Å². The average molecular weight is 297 g/mol. The van der Waals surface area contributed by atoms with Crippen molar-refractivity contribution in [3.05, 3.63) is 69.9 Å². The van der Waals surface area contributed by atoms with Crippen LogP contribution in [0.4, 0.5) is 15.9 Å². The van der Waals surface area contributed by atoms with E-state index in [1.165, 1.54) is 22.6 Å². The van der Waals surface area contributed by atoms with Gasteiger partial charge in [0.15, 0.2) is 6.29 Å². The molecule has 0 aliphatic rings. The molecule has 110 valence electrons. The van der Waals surface area contributed by atoms with Crippen LogP contribution in [0, 0.1) is 12.7 Å². The normalized spacial score (nSPS) is 10.6. The van der Waals surface area contributed by atoms with Gasteiger partial charge in [-0.05, 0) is 36.8 Å². The number of rotatable bonds is 3. The minimum atomic E-state index is -0.470. The highest BCUT2D eigenvalue weighted by Crippen LogP contribution is 2.18. The Morgan fingerprint density at radius 3 is 2.82 bits per heavy atom. The van der Waals surface area contributed by atoms with E-state index in [2.05, 4.69) is 10.3 Å². The predicted molar refractivity (Wildman–Crippen MR) is 81.3 cm³/mol. The van der Waals surface area contributed by atoms with Crippen LogP contribution in [-0.2, 0) is 0 Å². The predicted octanol–water partition coefficient (Wildman–Crippen LogP) is 2.70. The van der Waals surface area contributed by atoms with Gasteiger partial charge in [-0.3, -0.25) is 14.0 Å². The lowest BCUT2D eigenvalue weighted by molar-refractivity contribution is 0.112. The molecule has 5 nitrogen and oxygen atoms in total. The fourth-order valence-corrected chi connectivity index (χ4v) is 2.22. The lowest BCUT2D eigenvalue weighted by atomic mass is 10.2. The van der Waals surface area contributed by atoms with Gasteiger partial charge in [-0.2, -0.15) is 0 Å². The van der Waals surface area contributed by atoms with Gasteiger partial charge in [0.2, 0.25) is 0 Å². The quantitative estimate of drug-likeness (QED) is 0.755. The number of aldehydes is 1. The summed E-state index contributed by atoms with van der Waals surface area (Å²) in [5, 5.41) is 2.83. The number of carbonyl (C=O) groups is 1. The number of aromatic nitrogens is 2. The van der Waals surface area contributed by atoms with Gasteiger partial charge in [0.1, 0.15) is 22.8 Å². The van der Waals surface area contributed by atoms with Crippen LogP contribution in [0.25, 0.3) is 5.65 Å². The Labute approximate surface area is 125 Å². The number of halogens is 1. The van der Waals surface area contributed by atoms with Crippen LogP contribution in [0.3, 0.4) is 0 Å². The van der Waals surface area contributed by atoms with Gasteiger partial charge >= 0.3 is 0 Å². The lowest BCUT2D eigenvalue weighted by Crippen LogP contribution is -2.22. The number of carbonyl (C=O) groups excluding carboxylic acids is 1. The van der Waals surface area contributed by atoms with Gasteiger partial charge in [-0.25, -0.2) is 9.37 Å². The zero-order valence-corrected chi connectivity index (χ0v) is 11.7. The fraction of sp³-hybridized carbons (Fsp3) is 0.0625. The van der Waals surface area contributed by atoms with Crippen molar-refractivity contribution in [1.29, 1.82) is 0 Å². The minimum absolute atomic E-state index is 0.104. The van der Waals surface area contributed by atoms with E-state index in [-0.39, 0.29) is 11.4 Å². The number of nitrogens with zero attached hydrogens (tertiary/aromatic N) is 2. The van der Waals surface area contributed by atoms with E-state index in [4.69, 9.17) is 0 Å². The summed E-state index contributed by atoms with van der Waals surface area (Å²) < 4.78 is 14.6. The summed E-state index contributed by atoms with van der Waals surface area (Å²) in [4.78, 5) is 28.0. The Balaban J connectivity index is 2.22. The molecule has 2 heterocycles. The SMILES string of the molecule is Cc1cccn2c(=O)c(C=O)c(Nc3cccc(F)c3)nc12. The Kier molecular flexibility index (Phi) is 3.42. The van der Waals surface area contributed by atoms with E-state index in [1.807, 2.05) is 13.0 Å². The molecule has 1 aromatic carbocycles. The molecule has 0 aliphatic heterocycles. The second-order valence-electron chi connectivity index (χ2n) is 4.82. The topological polar surface area (TPSA) is 63.5 Å². The third-order valence-corrected chi connectivity index (χ3v) is 3.29. The van der Waals surface area contributed by atoms with Crippen molar-refractivity contribution in [2.45, 2.75) is 6.92 Å². The van der Waals surface area contributed by atoms with Gasteiger partial charge in [0, 0.05) is 11.9 Å². The molecule has 0 bridgehead atoms.